The molecule has 0 N–H and O–H groups in total. The molecule has 2 aromatic heterocycles. The third-order valence-electron chi connectivity index (χ3n) is 2.16. The Labute approximate surface area is 106 Å². The molecule has 0 spiro atoms. The molecule has 3 nitrogen and oxygen atoms in total. The van der Waals surface area contributed by atoms with Gasteiger partial charge in [-0.15, -0.1) is 11.3 Å². The number of nitrogens with zero attached hydrogens (tertiary/aromatic N) is 2. The smallest absolute Gasteiger partial charge is 0.125 e. The first-order chi connectivity index (χ1) is 8.25. The van der Waals surface area contributed by atoms with Gasteiger partial charge in [-0.3, -0.25) is 4.98 Å². The van der Waals surface area contributed by atoms with Gasteiger partial charge in [-0.2, -0.15) is 0 Å². The minimum Gasteiger partial charge on any atom is -0.375 e. The topological polar surface area (TPSA) is 35.0 Å². The highest BCUT2D eigenvalue weighted by molar-refractivity contribution is 7.13. The number of hydrogen-bond donors (Lipinski definition) is 0. The maximum atomic E-state index is 5.56. The first kappa shape index (κ1) is 12.2. The average molecular weight is 248 g/mol. The second-order valence-corrected chi connectivity index (χ2v) is 5.15. The summed E-state index contributed by atoms with van der Waals surface area (Å²) in [6, 6.07) is 3.94. The summed E-state index contributed by atoms with van der Waals surface area (Å²) >= 11 is 1.63. The molecule has 0 radical (unpaired) electrons. The second kappa shape index (κ2) is 5.89. The lowest BCUT2D eigenvalue weighted by Crippen LogP contribution is -2.01. The van der Waals surface area contributed by atoms with Crippen LogP contribution >= 0.6 is 11.3 Å². The van der Waals surface area contributed by atoms with E-state index in [0.29, 0.717) is 12.5 Å². The van der Waals surface area contributed by atoms with Crippen LogP contribution in [-0.2, 0) is 11.3 Å². The summed E-state index contributed by atoms with van der Waals surface area (Å²) in [5.41, 5.74) is 2.06. The van der Waals surface area contributed by atoms with E-state index in [4.69, 9.17) is 4.74 Å². The number of rotatable bonds is 5. The van der Waals surface area contributed by atoms with Gasteiger partial charge in [0, 0.05) is 29.9 Å². The van der Waals surface area contributed by atoms with Crippen molar-refractivity contribution in [2.24, 2.45) is 5.92 Å². The quantitative estimate of drug-likeness (QED) is 0.813. The minimum absolute atomic E-state index is 0.562. The highest BCUT2D eigenvalue weighted by atomic mass is 32.1. The SMILES string of the molecule is CC(C)COCc1csc(-c2cccnc2)n1. The predicted molar refractivity (Wildman–Crippen MR) is 69.8 cm³/mol. The first-order valence-electron chi connectivity index (χ1n) is 5.68. The zero-order valence-corrected chi connectivity index (χ0v) is 10.9. The van der Waals surface area contributed by atoms with Gasteiger partial charge in [0.15, 0.2) is 0 Å². The second-order valence-electron chi connectivity index (χ2n) is 4.29. The van der Waals surface area contributed by atoms with Crippen molar-refractivity contribution in [3.63, 3.8) is 0 Å². The Morgan fingerprint density at radius 3 is 3.00 bits per heavy atom. The van der Waals surface area contributed by atoms with Crippen LogP contribution in [0, 0.1) is 5.92 Å². The molecule has 17 heavy (non-hydrogen) atoms. The number of thiazole rings is 1. The molecule has 0 atom stereocenters. The van der Waals surface area contributed by atoms with E-state index >= 15 is 0 Å². The summed E-state index contributed by atoms with van der Waals surface area (Å²) in [6.07, 6.45) is 3.60. The van der Waals surface area contributed by atoms with Crippen LogP contribution in [0.25, 0.3) is 10.6 Å². The fourth-order valence-electron chi connectivity index (χ4n) is 1.39. The van der Waals surface area contributed by atoms with E-state index < -0.39 is 0 Å². The Morgan fingerprint density at radius 2 is 2.29 bits per heavy atom. The van der Waals surface area contributed by atoms with Gasteiger partial charge >= 0.3 is 0 Å². The van der Waals surface area contributed by atoms with Crippen LogP contribution in [-0.4, -0.2) is 16.6 Å². The average Bonchev–Trinajstić information content (AvgIpc) is 2.78. The molecule has 2 heterocycles. The van der Waals surface area contributed by atoms with E-state index in [0.717, 1.165) is 22.9 Å². The van der Waals surface area contributed by atoms with Gasteiger partial charge in [-0.1, -0.05) is 13.8 Å². The number of pyridine rings is 1. The number of ether oxygens (including phenoxy) is 1. The molecule has 2 rings (SSSR count). The van der Waals surface area contributed by atoms with E-state index in [9.17, 15) is 0 Å². The Kier molecular flexibility index (Phi) is 4.23. The molecule has 0 aliphatic rings. The van der Waals surface area contributed by atoms with Gasteiger partial charge < -0.3 is 4.74 Å². The van der Waals surface area contributed by atoms with Gasteiger partial charge in [-0.05, 0) is 18.1 Å². The van der Waals surface area contributed by atoms with Gasteiger partial charge in [0.2, 0.25) is 0 Å². The van der Waals surface area contributed by atoms with E-state index in [1.807, 2.05) is 23.7 Å². The fourth-order valence-corrected chi connectivity index (χ4v) is 2.19. The van der Waals surface area contributed by atoms with Crippen molar-refractivity contribution >= 4 is 11.3 Å². The molecule has 90 valence electrons. The molecule has 2 aromatic rings. The normalized spacial score (nSPS) is 11.0. The van der Waals surface area contributed by atoms with Gasteiger partial charge in [0.1, 0.15) is 5.01 Å². The van der Waals surface area contributed by atoms with Crippen molar-refractivity contribution in [3.05, 3.63) is 35.6 Å². The molecule has 0 bridgehead atoms. The van der Waals surface area contributed by atoms with Crippen molar-refractivity contribution in [2.75, 3.05) is 6.61 Å². The summed E-state index contributed by atoms with van der Waals surface area (Å²) in [5, 5.41) is 3.05. The third-order valence-corrected chi connectivity index (χ3v) is 3.10. The molecule has 0 aliphatic heterocycles. The van der Waals surface area contributed by atoms with Crippen LogP contribution in [0.1, 0.15) is 19.5 Å². The molecule has 0 saturated carbocycles. The maximum absolute atomic E-state index is 5.56. The van der Waals surface area contributed by atoms with Crippen molar-refractivity contribution in [1.29, 1.82) is 0 Å². The summed E-state index contributed by atoms with van der Waals surface area (Å²) in [4.78, 5) is 8.62. The maximum Gasteiger partial charge on any atom is 0.125 e. The first-order valence-corrected chi connectivity index (χ1v) is 6.56. The van der Waals surface area contributed by atoms with Crippen molar-refractivity contribution in [2.45, 2.75) is 20.5 Å². The zero-order chi connectivity index (χ0) is 12.1. The Balaban J connectivity index is 1.97. The van der Waals surface area contributed by atoms with E-state index in [1.54, 1.807) is 17.5 Å². The molecule has 0 amide bonds. The minimum atomic E-state index is 0.562. The van der Waals surface area contributed by atoms with Crippen molar-refractivity contribution < 1.29 is 4.74 Å². The summed E-state index contributed by atoms with van der Waals surface area (Å²) in [7, 11) is 0. The highest BCUT2D eigenvalue weighted by Gasteiger charge is 2.05. The molecule has 0 aliphatic carbocycles. The van der Waals surface area contributed by atoms with Crippen LogP contribution in [0.15, 0.2) is 29.9 Å². The Hall–Kier alpha value is -1.26. The largest absolute Gasteiger partial charge is 0.375 e. The zero-order valence-electron chi connectivity index (χ0n) is 10.1. The highest BCUT2D eigenvalue weighted by Crippen LogP contribution is 2.22. The third kappa shape index (κ3) is 3.61. The summed E-state index contributed by atoms with van der Waals surface area (Å²) in [5.74, 6) is 0.562. The lowest BCUT2D eigenvalue weighted by atomic mass is 10.2. The molecular formula is C13H16N2OS. The van der Waals surface area contributed by atoms with Crippen molar-refractivity contribution in [1.82, 2.24) is 9.97 Å². The predicted octanol–water partition coefficient (Wildman–Crippen LogP) is 3.38. The van der Waals surface area contributed by atoms with E-state index in [1.165, 1.54) is 0 Å². The molecule has 0 aromatic carbocycles. The molecule has 4 heteroatoms. The van der Waals surface area contributed by atoms with Gasteiger partial charge in [-0.25, -0.2) is 4.98 Å². The lowest BCUT2D eigenvalue weighted by Gasteiger charge is -2.04. The molecule has 0 saturated heterocycles. The molecule has 0 fully saturated rings. The van der Waals surface area contributed by atoms with Crippen molar-refractivity contribution in [3.8, 4) is 10.6 Å². The number of aromatic nitrogens is 2. The van der Waals surface area contributed by atoms with Crippen LogP contribution in [0.5, 0.6) is 0 Å². The molecule has 0 unspecified atom stereocenters. The van der Waals surface area contributed by atoms with E-state index in [2.05, 4.69) is 23.8 Å². The van der Waals surface area contributed by atoms with Crippen LogP contribution < -0.4 is 0 Å². The van der Waals surface area contributed by atoms with E-state index in [-0.39, 0.29) is 0 Å². The lowest BCUT2D eigenvalue weighted by molar-refractivity contribution is 0.0952. The Bertz CT molecular complexity index is 453. The fraction of sp³-hybridized carbons (Fsp3) is 0.385. The monoisotopic (exact) mass is 248 g/mol. The summed E-state index contributed by atoms with van der Waals surface area (Å²) in [6.45, 7) is 5.65. The summed E-state index contributed by atoms with van der Waals surface area (Å²) < 4.78 is 5.56. The van der Waals surface area contributed by atoms with Gasteiger partial charge in [0.25, 0.3) is 0 Å². The van der Waals surface area contributed by atoms with Gasteiger partial charge in [0.05, 0.1) is 12.3 Å². The number of hydrogen-bond acceptors (Lipinski definition) is 4. The molecular weight excluding hydrogens is 232 g/mol. The van der Waals surface area contributed by atoms with Crippen LogP contribution in [0.4, 0.5) is 0 Å². The van der Waals surface area contributed by atoms with Crippen LogP contribution in [0.3, 0.4) is 0 Å². The Morgan fingerprint density at radius 1 is 1.41 bits per heavy atom. The van der Waals surface area contributed by atoms with Crippen LogP contribution in [0.2, 0.25) is 0 Å². The standard InChI is InChI=1S/C13H16N2OS/c1-10(2)7-16-8-12-9-17-13(15-12)11-4-3-5-14-6-11/h3-6,9-10H,7-8H2,1-2H3.